The maximum absolute atomic E-state index is 13.4. The van der Waals surface area contributed by atoms with Gasteiger partial charge in [-0.15, -0.1) is 0 Å². The van der Waals surface area contributed by atoms with Gasteiger partial charge in [-0.3, -0.25) is 0 Å². The van der Waals surface area contributed by atoms with Crippen LogP contribution in [-0.4, -0.2) is 23.1 Å². The average Bonchev–Trinajstić information content (AvgIpc) is 2.30. The lowest BCUT2D eigenvalue weighted by Crippen LogP contribution is -2.46. The summed E-state index contributed by atoms with van der Waals surface area (Å²) in [4.78, 5) is 22.6. The molecule has 3 N–H and O–H groups in total. The number of carbonyl (C=O) groups excluding carboxylic acids is 1. The molecular weight excluding hydrogens is 319 g/mol. The topological polar surface area (TPSA) is 78.4 Å². The molecule has 0 saturated heterocycles. The van der Waals surface area contributed by atoms with Crippen molar-refractivity contribution in [2.45, 2.75) is 19.9 Å². The first-order valence-corrected chi connectivity index (χ1v) is 6.36. The van der Waals surface area contributed by atoms with Gasteiger partial charge < -0.3 is 15.7 Å². The second-order valence-electron chi connectivity index (χ2n) is 4.28. The standard InChI is InChI=1S/C12H14BrFN2O3/c1-6(2)10(11(17)18)16-12(19)15-9-5-7(13)3-4-8(9)14/h3-6,10H,1-2H3,(H,17,18)(H2,15,16,19). The van der Waals surface area contributed by atoms with Crippen LogP contribution in [0.3, 0.4) is 0 Å². The first-order chi connectivity index (χ1) is 8.81. The molecule has 1 aromatic carbocycles. The van der Waals surface area contributed by atoms with E-state index in [9.17, 15) is 14.0 Å². The maximum atomic E-state index is 13.4. The lowest BCUT2D eigenvalue weighted by atomic mass is 10.1. The molecule has 19 heavy (non-hydrogen) atoms. The summed E-state index contributed by atoms with van der Waals surface area (Å²) < 4.78 is 14.0. The first-order valence-electron chi connectivity index (χ1n) is 5.56. The number of halogens is 2. The molecule has 1 atom stereocenters. The van der Waals surface area contributed by atoms with Crippen LogP contribution in [0.5, 0.6) is 0 Å². The van der Waals surface area contributed by atoms with Gasteiger partial charge in [0.05, 0.1) is 5.69 Å². The zero-order valence-electron chi connectivity index (χ0n) is 10.4. The van der Waals surface area contributed by atoms with E-state index >= 15 is 0 Å². The first kappa shape index (κ1) is 15.4. The molecule has 0 spiro atoms. The van der Waals surface area contributed by atoms with Crippen LogP contribution < -0.4 is 10.6 Å². The Morgan fingerprint density at radius 3 is 2.53 bits per heavy atom. The predicted octanol–water partition coefficient (Wildman–Crippen LogP) is 2.82. The van der Waals surface area contributed by atoms with Gasteiger partial charge in [-0.1, -0.05) is 29.8 Å². The van der Waals surface area contributed by atoms with Crippen LogP contribution in [0.2, 0.25) is 0 Å². The molecule has 104 valence electrons. The Morgan fingerprint density at radius 1 is 1.37 bits per heavy atom. The summed E-state index contributed by atoms with van der Waals surface area (Å²) in [6, 6.07) is 2.28. The van der Waals surface area contributed by atoms with Crippen molar-refractivity contribution < 1.29 is 19.1 Å². The van der Waals surface area contributed by atoms with Crippen molar-refractivity contribution in [1.82, 2.24) is 5.32 Å². The Labute approximate surface area is 118 Å². The largest absolute Gasteiger partial charge is 0.480 e. The van der Waals surface area contributed by atoms with E-state index in [2.05, 4.69) is 26.6 Å². The highest BCUT2D eigenvalue weighted by Crippen LogP contribution is 2.19. The second-order valence-corrected chi connectivity index (χ2v) is 5.20. The third-order valence-electron chi connectivity index (χ3n) is 2.40. The molecule has 2 amide bonds. The molecule has 1 aromatic rings. The van der Waals surface area contributed by atoms with E-state index in [1.165, 1.54) is 18.2 Å². The lowest BCUT2D eigenvalue weighted by molar-refractivity contribution is -0.140. The molecular formula is C12H14BrFN2O3. The van der Waals surface area contributed by atoms with Crippen LogP contribution in [0.1, 0.15) is 13.8 Å². The van der Waals surface area contributed by atoms with Crippen molar-refractivity contribution in [3.8, 4) is 0 Å². The molecule has 7 heteroatoms. The van der Waals surface area contributed by atoms with Crippen LogP contribution >= 0.6 is 15.9 Å². The van der Waals surface area contributed by atoms with Crippen LogP contribution in [0.15, 0.2) is 22.7 Å². The minimum absolute atomic E-state index is 0.0280. The summed E-state index contributed by atoms with van der Waals surface area (Å²) in [5.74, 6) is -2.02. The van der Waals surface area contributed by atoms with Gasteiger partial charge in [0.15, 0.2) is 0 Å². The van der Waals surface area contributed by atoms with E-state index in [4.69, 9.17) is 5.11 Å². The number of carboxylic acid groups (broad SMARTS) is 1. The third-order valence-corrected chi connectivity index (χ3v) is 2.89. The molecule has 0 aliphatic heterocycles. The Hall–Kier alpha value is -1.63. The number of urea groups is 1. The van der Waals surface area contributed by atoms with Crippen LogP contribution in [0, 0.1) is 11.7 Å². The number of anilines is 1. The number of nitrogens with one attached hydrogen (secondary N) is 2. The second kappa shape index (κ2) is 6.51. The third kappa shape index (κ3) is 4.51. The summed E-state index contributed by atoms with van der Waals surface area (Å²) >= 11 is 3.15. The quantitative estimate of drug-likeness (QED) is 0.793. The monoisotopic (exact) mass is 332 g/mol. The molecule has 0 bridgehead atoms. The fourth-order valence-electron chi connectivity index (χ4n) is 1.41. The van der Waals surface area contributed by atoms with Crippen LogP contribution in [0.4, 0.5) is 14.9 Å². The number of amides is 2. The Balaban J connectivity index is 2.74. The number of benzene rings is 1. The highest BCUT2D eigenvalue weighted by atomic mass is 79.9. The van der Waals surface area contributed by atoms with Gasteiger partial charge in [0.25, 0.3) is 0 Å². The Morgan fingerprint density at radius 2 is 2.00 bits per heavy atom. The molecule has 1 unspecified atom stereocenters. The van der Waals surface area contributed by atoms with E-state index in [0.29, 0.717) is 4.47 Å². The Kier molecular flexibility index (Phi) is 5.29. The summed E-state index contributed by atoms with van der Waals surface area (Å²) in [6.45, 7) is 3.33. The van der Waals surface area contributed by atoms with Gasteiger partial charge in [0.2, 0.25) is 0 Å². The Bertz CT molecular complexity index is 494. The fourth-order valence-corrected chi connectivity index (χ4v) is 1.77. The van der Waals surface area contributed by atoms with Crippen molar-refractivity contribution >= 4 is 33.6 Å². The molecule has 1 rings (SSSR count). The summed E-state index contributed by atoms with van der Waals surface area (Å²) in [7, 11) is 0. The van der Waals surface area contributed by atoms with Gasteiger partial charge in [-0.25, -0.2) is 14.0 Å². The lowest BCUT2D eigenvalue weighted by Gasteiger charge is -2.18. The van der Waals surface area contributed by atoms with Crippen molar-refractivity contribution in [3.05, 3.63) is 28.5 Å². The number of hydrogen-bond donors (Lipinski definition) is 3. The molecule has 5 nitrogen and oxygen atoms in total. The molecule has 0 saturated carbocycles. The molecule has 0 aliphatic rings. The number of aliphatic carboxylic acids is 1. The van der Waals surface area contributed by atoms with E-state index in [0.717, 1.165) is 0 Å². The normalized spacial score (nSPS) is 12.1. The molecule has 0 heterocycles. The highest BCUT2D eigenvalue weighted by molar-refractivity contribution is 9.10. The number of hydrogen-bond acceptors (Lipinski definition) is 2. The molecule has 0 aromatic heterocycles. The zero-order chi connectivity index (χ0) is 14.6. The van der Waals surface area contributed by atoms with Gasteiger partial charge in [-0.05, 0) is 24.1 Å². The molecule has 0 radical (unpaired) electrons. The SMILES string of the molecule is CC(C)C(NC(=O)Nc1cc(Br)ccc1F)C(=O)O. The smallest absolute Gasteiger partial charge is 0.326 e. The highest BCUT2D eigenvalue weighted by Gasteiger charge is 2.23. The minimum Gasteiger partial charge on any atom is -0.480 e. The molecule has 0 aliphatic carbocycles. The van der Waals surface area contributed by atoms with Crippen molar-refractivity contribution in [2.75, 3.05) is 5.32 Å². The van der Waals surface area contributed by atoms with E-state index in [-0.39, 0.29) is 11.6 Å². The zero-order valence-corrected chi connectivity index (χ0v) is 12.0. The summed E-state index contributed by atoms with van der Waals surface area (Å²) in [6.07, 6.45) is 0. The summed E-state index contributed by atoms with van der Waals surface area (Å²) in [5, 5.41) is 13.5. The summed E-state index contributed by atoms with van der Waals surface area (Å²) in [5.41, 5.74) is -0.0280. The van der Waals surface area contributed by atoms with Crippen molar-refractivity contribution in [3.63, 3.8) is 0 Å². The average molecular weight is 333 g/mol. The van der Waals surface area contributed by atoms with Gasteiger partial charge >= 0.3 is 12.0 Å². The van der Waals surface area contributed by atoms with Crippen molar-refractivity contribution in [1.29, 1.82) is 0 Å². The van der Waals surface area contributed by atoms with Crippen LogP contribution in [0.25, 0.3) is 0 Å². The fraction of sp³-hybridized carbons (Fsp3) is 0.333. The van der Waals surface area contributed by atoms with E-state index in [1.807, 2.05) is 0 Å². The predicted molar refractivity (Wildman–Crippen MR) is 72.5 cm³/mol. The van der Waals surface area contributed by atoms with E-state index < -0.39 is 23.9 Å². The van der Waals surface area contributed by atoms with Gasteiger partial charge in [0, 0.05) is 4.47 Å². The van der Waals surface area contributed by atoms with Crippen LogP contribution in [-0.2, 0) is 4.79 Å². The number of carbonyl (C=O) groups is 2. The number of rotatable bonds is 4. The van der Waals surface area contributed by atoms with Gasteiger partial charge in [0.1, 0.15) is 11.9 Å². The number of carboxylic acids is 1. The van der Waals surface area contributed by atoms with Crippen molar-refractivity contribution in [2.24, 2.45) is 5.92 Å². The van der Waals surface area contributed by atoms with E-state index in [1.54, 1.807) is 13.8 Å². The van der Waals surface area contributed by atoms with Gasteiger partial charge in [-0.2, -0.15) is 0 Å². The molecule has 0 fully saturated rings. The minimum atomic E-state index is -1.14. The maximum Gasteiger partial charge on any atom is 0.326 e.